The molecule has 1 heterocycles. The van der Waals surface area contributed by atoms with Gasteiger partial charge in [0.1, 0.15) is 0 Å². The van der Waals surface area contributed by atoms with Gasteiger partial charge in [-0.1, -0.05) is 6.07 Å². The zero-order valence-electron chi connectivity index (χ0n) is 10.7. The quantitative estimate of drug-likeness (QED) is 0.902. The molecule has 1 aliphatic heterocycles. The minimum atomic E-state index is -0.0496. The number of piperazine rings is 1. The van der Waals surface area contributed by atoms with Crippen LogP contribution in [0.1, 0.15) is 15.9 Å². The molecule has 1 aromatic carbocycles. The number of carbonyl (C=O) groups is 1. The summed E-state index contributed by atoms with van der Waals surface area (Å²) in [6.45, 7) is 5.70. The van der Waals surface area contributed by atoms with Gasteiger partial charge in [-0.05, 0) is 47.6 Å². The van der Waals surface area contributed by atoms with Crippen LogP contribution in [0.4, 0.5) is 0 Å². The average Bonchev–Trinajstić information content (AvgIpc) is 2.32. The minimum Gasteiger partial charge on any atom is -0.304 e. The van der Waals surface area contributed by atoms with E-state index in [0.717, 1.165) is 36.2 Å². The summed E-state index contributed by atoms with van der Waals surface area (Å²) in [4.78, 5) is 14.4. The first-order valence-corrected chi connectivity index (χ1v) is 6.86. The second kappa shape index (κ2) is 5.82. The highest BCUT2D eigenvalue weighted by Crippen LogP contribution is 2.18. The lowest BCUT2D eigenvalue weighted by Crippen LogP contribution is -2.52. The Morgan fingerprint density at radius 1 is 1.28 bits per heavy atom. The molecule has 0 spiro atoms. The molecule has 1 N–H and O–H groups in total. The van der Waals surface area contributed by atoms with E-state index in [2.05, 4.69) is 33.3 Å². The fourth-order valence-electron chi connectivity index (χ4n) is 1.93. The van der Waals surface area contributed by atoms with Crippen molar-refractivity contribution in [3.05, 3.63) is 33.8 Å². The van der Waals surface area contributed by atoms with Gasteiger partial charge >= 0.3 is 0 Å². The van der Waals surface area contributed by atoms with Crippen LogP contribution in [0.3, 0.4) is 0 Å². The van der Waals surface area contributed by atoms with Gasteiger partial charge in [-0.3, -0.25) is 10.2 Å². The Labute approximate surface area is 116 Å². The summed E-state index contributed by atoms with van der Waals surface area (Å²) >= 11 is 3.43. The smallest absolute Gasteiger partial charge is 0.266 e. The highest BCUT2D eigenvalue weighted by atomic mass is 79.9. The van der Waals surface area contributed by atoms with Gasteiger partial charge in [0, 0.05) is 30.7 Å². The largest absolute Gasteiger partial charge is 0.304 e. The monoisotopic (exact) mass is 311 g/mol. The van der Waals surface area contributed by atoms with Crippen molar-refractivity contribution in [1.82, 2.24) is 15.3 Å². The summed E-state index contributed by atoms with van der Waals surface area (Å²) in [5.74, 6) is -0.0496. The number of nitrogens with zero attached hydrogens (tertiary/aromatic N) is 2. The molecule has 0 aromatic heterocycles. The van der Waals surface area contributed by atoms with Crippen LogP contribution in [0.2, 0.25) is 0 Å². The van der Waals surface area contributed by atoms with Crippen molar-refractivity contribution in [1.29, 1.82) is 0 Å². The van der Waals surface area contributed by atoms with E-state index in [0.29, 0.717) is 5.56 Å². The summed E-state index contributed by atoms with van der Waals surface area (Å²) in [6.07, 6.45) is 0. The molecule has 1 aromatic rings. The Balaban J connectivity index is 1.99. The third-order valence-corrected chi connectivity index (χ3v) is 3.79. The number of halogens is 1. The fourth-order valence-corrected chi connectivity index (χ4v) is 2.60. The zero-order chi connectivity index (χ0) is 13.1. The van der Waals surface area contributed by atoms with E-state index in [1.807, 2.05) is 30.1 Å². The molecule has 98 valence electrons. The number of benzene rings is 1. The predicted octanol–water partition coefficient (Wildman–Crippen LogP) is 1.65. The van der Waals surface area contributed by atoms with Crippen molar-refractivity contribution in [2.24, 2.45) is 0 Å². The molecule has 18 heavy (non-hydrogen) atoms. The Kier molecular flexibility index (Phi) is 4.37. The summed E-state index contributed by atoms with van der Waals surface area (Å²) in [6, 6.07) is 5.76. The van der Waals surface area contributed by atoms with Gasteiger partial charge in [-0.25, -0.2) is 5.01 Å². The lowest BCUT2D eigenvalue weighted by atomic mass is 10.1. The molecule has 0 bridgehead atoms. The normalized spacial score (nSPS) is 17.7. The Morgan fingerprint density at radius 2 is 1.94 bits per heavy atom. The van der Waals surface area contributed by atoms with Crippen LogP contribution >= 0.6 is 15.9 Å². The molecule has 0 aliphatic carbocycles. The molecule has 1 fully saturated rings. The van der Waals surface area contributed by atoms with Crippen LogP contribution in [-0.4, -0.2) is 49.0 Å². The molecule has 4 nitrogen and oxygen atoms in total. The first kappa shape index (κ1) is 13.5. The second-order valence-corrected chi connectivity index (χ2v) is 5.57. The molecule has 5 heteroatoms. The minimum absolute atomic E-state index is 0.0496. The lowest BCUT2D eigenvalue weighted by molar-refractivity contribution is 0.0662. The van der Waals surface area contributed by atoms with Crippen molar-refractivity contribution in [3.63, 3.8) is 0 Å². The molecular formula is C13H18BrN3O. The second-order valence-electron chi connectivity index (χ2n) is 4.71. The summed E-state index contributed by atoms with van der Waals surface area (Å²) in [7, 11) is 2.09. The first-order chi connectivity index (χ1) is 8.56. The molecule has 0 unspecified atom stereocenters. The van der Waals surface area contributed by atoms with Crippen molar-refractivity contribution in [2.75, 3.05) is 33.2 Å². The van der Waals surface area contributed by atoms with Gasteiger partial charge in [0.05, 0.1) is 5.56 Å². The van der Waals surface area contributed by atoms with Crippen LogP contribution in [0, 0.1) is 6.92 Å². The highest BCUT2D eigenvalue weighted by molar-refractivity contribution is 9.10. The van der Waals surface area contributed by atoms with Crippen LogP contribution in [0.5, 0.6) is 0 Å². The van der Waals surface area contributed by atoms with Crippen LogP contribution in [0.25, 0.3) is 0 Å². The Morgan fingerprint density at radius 3 is 2.56 bits per heavy atom. The highest BCUT2D eigenvalue weighted by Gasteiger charge is 2.17. The summed E-state index contributed by atoms with van der Waals surface area (Å²) in [5, 5.41) is 1.98. The van der Waals surface area contributed by atoms with E-state index in [1.165, 1.54) is 0 Å². The van der Waals surface area contributed by atoms with E-state index in [9.17, 15) is 4.79 Å². The molecule has 2 rings (SSSR count). The number of carbonyl (C=O) groups excluding carboxylic acids is 1. The average molecular weight is 312 g/mol. The predicted molar refractivity (Wildman–Crippen MR) is 75.4 cm³/mol. The number of hydrogen-bond acceptors (Lipinski definition) is 3. The maximum absolute atomic E-state index is 12.1. The number of hydrazine groups is 1. The third kappa shape index (κ3) is 3.31. The maximum atomic E-state index is 12.1. The Bertz CT molecular complexity index is 442. The van der Waals surface area contributed by atoms with E-state index in [1.54, 1.807) is 0 Å². The third-order valence-electron chi connectivity index (χ3n) is 3.13. The summed E-state index contributed by atoms with van der Waals surface area (Å²) in [5.41, 5.74) is 4.77. The van der Waals surface area contributed by atoms with Gasteiger partial charge in [0.25, 0.3) is 5.91 Å². The number of amides is 1. The molecule has 1 aliphatic rings. The van der Waals surface area contributed by atoms with Crippen molar-refractivity contribution in [3.8, 4) is 0 Å². The van der Waals surface area contributed by atoms with E-state index in [-0.39, 0.29) is 5.91 Å². The van der Waals surface area contributed by atoms with Crippen molar-refractivity contribution < 1.29 is 4.79 Å². The molecule has 0 atom stereocenters. The number of aryl methyl sites for hydroxylation is 1. The molecule has 1 saturated heterocycles. The number of nitrogens with one attached hydrogen (secondary N) is 1. The summed E-state index contributed by atoms with van der Waals surface area (Å²) < 4.78 is 0.842. The Hall–Kier alpha value is -0.910. The van der Waals surface area contributed by atoms with Crippen molar-refractivity contribution >= 4 is 21.8 Å². The van der Waals surface area contributed by atoms with Crippen LogP contribution in [0.15, 0.2) is 22.7 Å². The number of hydrogen-bond donors (Lipinski definition) is 1. The van der Waals surface area contributed by atoms with E-state index in [4.69, 9.17) is 0 Å². The lowest BCUT2D eigenvalue weighted by Gasteiger charge is -2.32. The van der Waals surface area contributed by atoms with E-state index >= 15 is 0 Å². The van der Waals surface area contributed by atoms with Crippen LogP contribution < -0.4 is 5.43 Å². The van der Waals surface area contributed by atoms with E-state index < -0.39 is 0 Å². The SMILES string of the molecule is Cc1ccc(C(=O)NN2CCN(C)CC2)c(Br)c1. The number of likely N-dealkylation sites (N-methyl/N-ethyl adjacent to an activating group) is 1. The first-order valence-electron chi connectivity index (χ1n) is 6.07. The van der Waals surface area contributed by atoms with Gasteiger partial charge in [0.2, 0.25) is 0 Å². The standard InChI is InChI=1S/C13H18BrN3O/c1-10-3-4-11(12(14)9-10)13(18)15-17-7-5-16(2)6-8-17/h3-4,9H,5-8H2,1-2H3,(H,15,18). The zero-order valence-corrected chi connectivity index (χ0v) is 12.3. The molecule has 0 saturated carbocycles. The molecular weight excluding hydrogens is 294 g/mol. The maximum Gasteiger partial charge on any atom is 0.266 e. The fraction of sp³-hybridized carbons (Fsp3) is 0.462. The van der Waals surface area contributed by atoms with Gasteiger partial charge in [-0.2, -0.15) is 0 Å². The van der Waals surface area contributed by atoms with Gasteiger partial charge in [0.15, 0.2) is 0 Å². The van der Waals surface area contributed by atoms with Crippen LogP contribution in [-0.2, 0) is 0 Å². The topological polar surface area (TPSA) is 35.6 Å². The van der Waals surface area contributed by atoms with Gasteiger partial charge < -0.3 is 4.90 Å². The number of rotatable bonds is 2. The molecule has 1 amide bonds. The molecule has 0 radical (unpaired) electrons. The van der Waals surface area contributed by atoms with Gasteiger partial charge in [-0.15, -0.1) is 0 Å². The van der Waals surface area contributed by atoms with Crippen molar-refractivity contribution in [2.45, 2.75) is 6.92 Å².